The van der Waals surface area contributed by atoms with Crippen molar-refractivity contribution in [3.8, 4) is 33.4 Å². The van der Waals surface area contributed by atoms with E-state index in [2.05, 4.69) is 136 Å². The zero-order valence-electron chi connectivity index (χ0n) is 28.5. The Bertz CT molecular complexity index is 2510. The van der Waals surface area contributed by atoms with Crippen LogP contribution in [0.1, 0.15) is 29.2 Å². The first-order chi connectivity index (χ1) is 24.5. The number of hydrogen-bond acceptors (Lipinski definition) is 2. The van der Waals surface area contributed by atoms with E-state index < -0.39 is 0 Å². The van der Waals surface area contributed by atoms with E-state index in [1.807, 2.05) is 60.8 Å². The lowest BCUT2D eigenvalue weighted by Gasteiger charge is -2.15. The summed E-state index contributed by atoms with van der Waals surface area (Å²) >= 11 is 0. The average molecular weight is 643 g/mol. The number of benzene rings is 6. The first-order valence-electron chi connectivity index (χ1n) is 16.9. The highest BCUT2D eigenvalue weighted by Crippen LogP contribution is 2.37. The van der Waals surface area contributed by atoms with Gasteiger partial charge in [-0.3, -0.25) is 9.98 Å². The fourth-order valence-electron chi connectivity index (χ4n) is 6.52. The lowest BCUT2D eigenvalue weighted by Crippen LogP contribution is -2.25. The highest BCUT2D eigenvalue weighted by Gasteiger charge is 2.13. The van der Waals surface area contributed by atoms with Crippen molar-refractivity contribution < 1.29 is 0 Å². The third kappa shape index (κ3) is 6.65. The normalized spacial score (nSPS) is 12.3. The lowest BCUT2D eigenvalue weighted by atomic mass is 9.89. The summed E-state index contributed by atoms with van der Waals surface area (Å²) in [6.07, 6.45) is 7.79. The van der Waals surface area contributed by atoms with Gasteiger partial charge >= 0.3 is 0 Å². The largest absolute Gasteiger partial charge is 0.256 e. The number of pyridine rings is 1. The zero-order valence-corrected chi connectivity index (χ0v) is 28.5. The van der Waals surface area contributed by atoms with Gasteiger partial charge in [0.2, 0.25) is 0 Å². The second-order valence-electron chi connectivity index (χ2n) is 12.4. The Hall–Kier alpha value is -6.38. The highest BCUT2D eigenvalue weighted by atomic mass is 14.8. The number of hydrogen-bond donors (Lipinski definition) is 0. The summed E-state index contributed by atoms with van der Waals surface area (Å²) in [5, 5.41) is 3.08. The SMILES string of the molecule is C=C/C=C\c1cccc(-c2cc(-c3ccc(/C(N=C(C)c4ccccc4)=c4\ccccc4=C)cc3)cc(-c3cccc4cccnc34)c2)c1C. The average Bonchev–Trinajstić information content (AvgIpc) is 3.17. The molecule has 0 saturated carbocycles. The van der Waals surface area contributed by atoms with E-state index >= 15 is 0 Å². The van der Waals surface area contributed by atoms with Gasteiger partial charge in [0.05, 0.1) is 11.2 Å². The van der Waals surface area contributed by atoms with Crippen molar-refractivity contribution in [2.24, 2.45) is 4.99 Å². The van der Waals surface area contributed by atoms with Crippen LogP contribution >= 0.6 is 0 Å². The van der Waals surface area contributed by atoms with Gasteiger partial charge in [-0.15, -0.1) is 0 Å². The molecule has 0 aliphatic heterocycles. The number of fused-ring (bicyclic) bond motifs is 1. The van der Waals surface area contributed by atoms with Gasteiger partial charge in [-0.05, 0) is 87.8 Å². The molecule has 0 spiro atoms. The number of nitrogens with zero attached hydrogens (tertiary/aromatic N) is 2. The van der Waals surface area contributed by atoms with E-state index in [0.29, 0.717) is 0 Å². The molecule has 0 fully saturated rings. The van der Waals surface area contributed by atoms with E-state index in [4.69, 9.17) is 9.98 Å². The highest BCUT2D eigenvalue weighted by molar-refractivity contribution is 6.01. The second-order valence-corrected chi connectivity index (χ2v) is 12.4. The third-order valence-corrected chi connectivity index (χ3v) is 9.21. The number of allylic oxidation sites excluding steroid dienone is 2. The van der Waals surface area contributed by atoms with Gasteiger partial charge in [0, 0.05) is 33.6 Å². The summed E-state index contributed by atoms with van der Waals surface area (Å²) in [6, 6.07) is 51.1. The van der Waals surface area contributed by atoms with E-state index in [0.717, 1.165) is 71.7 Å². The molecule has 2 nitrogen and oxygen atoms in total. The van der Waals surface area contributed by atoms with Crippen LogP contribution in [0.2, 0.25) is 0 Å². The minimum Gasteiger partial charge on any atom is -0.256 e. The third-order valence-electron chi connectivity index (χ3n) is 9.21. The van der Waals surface area contributed by atoms with Crippen LogP contribution in [0.5, 0.6) is 0 Å². The summed E-state index contributed by atoms with van der Waals surface area (Å²) in [5.41, 5.74) is 14.2. The monoisotopic (exact) mass is 642 g/mol. The van der Waals surface area contributed by atoms with Gasteiger partial charge < -0.3 is 0 Å². The second kappa shape index (κ2) is 14.4. The molecular weight excluding hydrogens is 605 g/mol. The van der Waals surface area contributed by atoms with Crippen molar-refractivity contribution in [3.63, 3.8) is 0 Å². The molecule has 0 N–H and O–H groups in total. The first-order valence-corrected chi connectivity index (χ1v) is 16.9. The molecule has 0 aliphatic rings. The molecule has 0 atom stereocenters. The molecule has 7 aromatic rings. The molecule has 0 unspecified atom stereocenters. The summed E-state index contributed by atoms with van der Waals surface area (Å²) < 4.78 is 0. The van der Waals surface area contributed by atoms with Gasteiger partial charge in [-0.25, -0.2) is 0 Å². The minimum atomic E-state index is 0.903. The van der Waals surface area contributed by atoms with Crippen molar-refractivity contribution >= 4 is 35.0 Å². The summed E-state index contributed by atoms with van der Waals surface area (Å²) in [4.78, 5) is 10.0. The van der Waals surface area contributed by atoms with Gasteiger partial charge in [0.25, 0.3) is 0 Å². The van der Waals surface area contributed by atoms with Crippen LogP contribution < -0.4 is 10.4 Å². The standard InChI is InChI=1S/C48H38N2/c1-5-6-16-36-19-12-23-45(34(36)3)42-30-41(31-43(32-42)46-24-13-20-39-21-14-29-49-47(39)46)38-25-27-40(28-26-38)48(44-22-11-10-15-33(44)2)50-35(4)37-17-8-7-9-18-37/h5-32H,1-2H2,3-4H3/b16-6-,48-44-,50-35?. The Morgan fingerprint density at radius 2 is 1.32 bits per heavy atom. The Morgan fingerprint density at radius 1 is 0.640 bits per heavy atom. The molecule has 50 heavy (non-hydrogen) atoms. The molecule has 2 heteroatoms. The minimum absolute atomic E-state index is 0.903. The van der Waals surface area contributed by atoms with Gasteiger partial charge in [0.1, 0.15) is 0 Å². The number of rotatable bonds is 8. The molecule has 0 radical (unpaired) electrons. The van der Waals surface area contributed by atoms with E-state index in [-0.39, 0.29) is 0 Å². The van der Waals surface area contributed by atoms with Gasteiger partial charge in [-0.2, -0.15) is 0 Å². The number of para-hydroxylation sites is 1. The Labute approximate surface area is 294 Å². The zero-order chi connectivity index (χ0) is 34.5. The van der Waals surface area contributed by atoms with Crippen LogP contribution in [0, 0.1) is 6.92 Å². The molecule has 7 rings (SSSR count). The molecule has 0 amide bonds. The van der Waals surface area contributed by atoms with Crippen LogP contribution in [0.3, 0.4) is 0 Å². The summed E-state index contributed by atoms with van der Waals surface area (Å²) in [5.74, 6) is 0. The number of aliphatic imine (C=N–C) groups is 1. The lowest BCUT2D eigenvalue weighted by molar-refractivity contribution is 1.39. The Balaban J connectivity index is 1.39. The first kappa shape index (κ1) is 32.2. The molecule has 1 aromatic heterocycles. The van der Waals surface area contributed by atoms with Gasteiger partial charge in [-0.1, -0.05) is 153 Å². The molecular formula is C48H38N2. The fourth-order valence-corrected chi connectivity index (χ4v) is 6.52. The van der Waals surface area contributed by atoms with E-state index in [9.17, 15) is 0 Å². The summed E-state index contributed by atoms with van der Waals surface area (Å²) in [6.45, 7) is 12.5. The molecule has 240 valence electrons. The van der Waals surface area contributed by atoms with E-state index in [1.54, 1.807) is 0 Å². The Morgan fingerprint density at radius 3 is 2.10 bits per heavy atom. The maximum absolute atomic E-state index is 5.20. The topological polar surface area (TPSA) is 25.2 Å². The molecule has 1 heterocycles. The molecule has 6 aromatic carbocycles. The Kier molecular flexibility index (Phi) is 9.26. The van der Waals surface area contributed by atoms with E-state index in [1.165, 1.54) is 16.7 Å². The van der Waals surface area contributed by atoms with Crippen molar-refractivity contribution in [2.75, 3.05) is 0 Å². The predicted octanol–water partition coefficient (Wildman–Crippen LogP) is 10.8. The predicted molar refractivity (Wildman–Crippen MR) is 214 cm³/mol. The molecule has 0 aliphatic carbocycles. The maximum Gasteiger partial charge on any atom is 0.0783 e. The van der Waals surface area contributed by atoms with Crippen LogP contribution in [-0.4, -0.2) is 10.7 Å². The fraction of sp³-hybridized carbons (Fsp3) is 0.0417. The van der Waals surface area contributed by atoms with Crippen molar-refractivity contribution in [1.29, 1.82) is 0 Å². The van der Waals surface area contributed by atoms with Crippen molar-refractivity contribution in [1.82, 2.24) is 4.98 Å². The summed E-state index contributed by atoms with van der Waals surface area (Å²) in [7, 11) is 0. The van der Waals surface area contributed by atoms with Crippen LogP contribution in [0.15, 0.2) is 176 Å². The van der Waals surface area contributed by atoms with Gasteiger partial charge in [0.15, 0.2) is 0 Å². The number of aromatic nitrogens is 1. The molecule has 0 bridgehead atoms. The quantitative estimate of drug-likeness (QED) is 0.120. The smallest absolute Gasteiger partial charge is 0.0783 e. The molecule has 0 saturated heterocycles. The van der Waals surface area contributed by atoms with Crippen molar-refractivity contribution in [2.45, 2.75) is 13.8 Å². The van der Waals surface area contributed by atoms with Crippen molar-refractivity contribution in [3.05, 3.63) is 203 Å². The van der Waals surface area contributed by atoms with Crippen LogP contribution in [0.25, 0.3) is 62.6 Å². The van der Waals surface area contributed by atoms with Crippen LogP contribution in [-0.2, 0) is 0 Å². The van der Waals surface area contributed by atoms with Crippen LogP contribution in [0.4, 0.5) is 0 Å². The maximum atomic E-state index is 5.20.